The lowest BCUT2D eigenvalue weighted by atomic mass is 10.3. The van der Waals surface area contributed by atoms with Crippen LogP contribution in [0.2, 0.25) is 5.02 Å². The quantitative estimate of drug-likeness (QED) is 0.460. The normalized spacial score (nSPS) is 11.7. The summed E-state index contributed by atoms with van der Waals surface area (Å²) < 4.78 is 0. The van der Waals surface area contributed by atoms with E-state index in [0.29, 0.717) is 0 Å². The molecule has 0 radical (unpaired) electrons. The van der Waals surface area contributed by atoms with Crippen molar-refractivity contribution in [1.29, 1.82) is 0 Å². The number of nitro groups is 1. The number of hydrogen-bond donors (Lipinski definition) is 2. The van der Waals surface area contributed by atoms with Crippen molar-refractivity contribution in [3.05, 3.63) is 27.4 Å². The van der Waals surface area contributed by atoms with E-state index in [1.165, 1.54) is 6.92 Å². The second-order valence-electron chi connectivity index (χ2n) is 3.64. The Labute approximate surface area is 122 Å². The Morgan fingerprint density at radius 1 is 1.65 bits per heavy atom. The number of nitrogens with zero attached hydrogens (tertiary/aromatic N) is 2. The Balaban J connectivity index is 2.75. The molecule has 1 heterocycles. The van der Waals surface area contributed by atoms with E-state index in [-0.39, 0.29) is 21.5 Å². The van der Waals surface area contributed by atoms with Gasteiger partial charge in [0.2, 0.25) is 5.91 Å². The van der Waals surface area contributed by atoms with E-state index < -0.39 is 22.8 Å². The summed E-state index contributed by atoms with van der Waals surface area (Å²) in [4.78, 5) is 35.4. The smallest absolute Gasteiger partial charge is 0.327 e. The van der Waals surface area contributed by atoms with Crippen LogP contribution in [0, 0.1) is 10.1 Å². The second kappa shape index (κ2) is 7.06. The molecule has 8 nitrogen and oxygen atoms in total. The molecule has 1 aromatic heterocycles. The van der Waals surface area contributed by atoms with Crippen molar-refractivity contribution in [3.63, 3.8) is 0 Å². The van der Waals surface area contributed by atoms with Crippen molar-refractivity contribution in [3.8, 4) is 0 Å². The maximum atomic E-state index is 10.9. The molecule has 0 bridgehead atoms. The minimum atomic E-state index is -1.19. The van der Waals surface area contributed by atoms with E-state index in [1.807, 2.05) is 0 Å². The van der Waals surface area contributed by atoms with Crippen LogP contribution in [0.15, 0.2) is 17.3 Å². The van der Waals surface area contributed by atoms with Crippen molar-refractivity contribution >= 4 is 40.9 Å². The molecule has 10 heteroatoms. The third kappa shape index (κ3) is 4.67. The third-order valence-electron chi connectivity index (χ3n) is 2.07. The molecule has 0 saturated heterocycles. The molecule has 0 aliphatic rings. The summed E-state index contributed by atoms with van der Waals surface area (Å²) in [5, 5.41) is 22.0. The molecular weight excluding hydrogens is 310 g/mol. The topological polar surface area (TPSA) is 122 Å². The molecule has 0 aromatic carbocycles. The van der Waals surface area contributed by atoms with Crippen molar-refractivity contribution in [1.82, 2.24) is 10.3 Å². The molecule has 0 spiro atoms. The average Bonchev–Trinajstić information content (AvgIpc) is 2.34. The molecule has 108 valence electrons. The number of pyridine rings is 1. The number of nitrogens with one attached hydrogen (secondary N) is 1. The number of hydrogen-bond acceptors (Lipinski definition) is 6. The molecule has 1 amide bonds. The highest BCUT2D eigenvalue weighted by atomic mass is 35.5. The molecular formula is C10H10ClN3O5S. The highest BCUT2D eigenvalue weighted by Crippen LogP contribution is 2.28. The van der Waals surface area contributed by atoms with E-state index in [4.69, 9.17) is 16.7 Å². The van der Waals surface area contributed by atoms with Gasteiger partial charge in [0.15, 0.2) is 0 Å². The first-order valence-corrected chi connectivity index (χ1v) is 6.60. The summed E-state index contributed by atoms with van der Waals surface area (Å²) >= 11 is 6.80. The predicted molar refractivity (Wildman–Crippen MR) is 71.9 cm³/mol. The van der Waals surface area contributed by atoms with Gasteiger partial charge >= 0.3 is 5.97 Å². The summed E-state index contributed by atoms with van der Waals surface area (Å²) in [7, 11) is 0. The lowest BCUT2D eigenvalue weighted by Gasteiger charge is -2.12. The van der Waals surface area contributed by atoms with Gasteiger partial charge in [0.1, 0.15) is 17.3 Å². The fraction of sp³-hybridized carbons (Fsp3) is 0.300. The molecule has 0 saturated carbocycles. The van der Waals surface area contributed by atoms with Crippen molar-refractivity contribution in [2.24, 2.45) is 0 Å². The van der Waals surface area contributed by atoms with Crippen LogP contribution < -0.4 is 5.32 Å². The molecule has 0 aliphatic carbocycles. The predicted octanol–water partition coefficient (Wildman–Crippen LogP) is 1.32. The zero-order valence-electron chi connectivity index (χ0n) is 10.2. The molecule has 1 rings (SSSR count). The summed E-state index contributed by atoms with van der Waals surface area (Å²) in [6, 6.07) is 0.0379. The van der Waals surface area contributed by atoms with Gasteiger partial charge in [0, 0.05) is 18.7 Å². The van der Waals surface area contributed by atoms with Gasteiger partial charge in [-0.2, -0.15) is 0 Å². The Hall–Kier alpha value is -1.87. The van der Waals surface area contributed by atoms with Crippen LogP contribution in [-0.2, 0) is 9.59 Å². The Morgan fingerprint density at radius 3 is 2.75 bits per heavy atom. The highest BCUT2D eigenvalue weighted by Gasteiger charge is 2.20. The first-order chi connectivity index (χ1) is 9.31. The van der Waals surface area contributed by atoms with Gasteiger partial charge in [-0.15, -0.1) is 11.8 Å². The molecule has 1 aromatic rings. The van der Waals surface area contributed by atoms with Gasteiger partial charge in [-0.25, -0.2) is 9.78 Å². The van der Waals surface area contributed by atoms with E-state index in [1.54, 1.807) is 0 Å². The second-order valence-corrected chi connectivity index (χ2v) is 5.06. The van der Waals surface area contributed by atoms with E-state index in [0.717, 1.165) is 24.0 Å². The Bertz CT molecular complexity index is 554. The largest absolute Gasteiger partial charge is 0.480 e. The highest BCUT2D eigenvalue weighted by molar-refractivity contribution is 7.99. The number of amides is 1. The number of carboxylic acids is 1. The van der Waals surface area contributed by atoms with Crippen LogP contribution in [0.4, 0.5) is 5.69 Å². The Morgan fingerprint density at radius 2 is 2.30 bits per heavy atom. The van der Waals surface area contributed by atoms with Gasteiger partial charge in [-0.05, 0) is 0 Å². The molecule has 20 heavy (non-hydrogen) atoms. The molecule has 0 unspecified atom stereocenters. The van der Waals surface area contributed by atoms with Crippen LogP contribution in [0.1, 0.15) is 6.92 Å². The minimum absolute atomic E-state index is 0.000551. The number of aliphatic carboxylic acids is 1. The van der Waals surface area contributed by atoms with Gasteiger partial charge in [-0.1, -0.05) is 11.6 Å². The maximum absolute atomic E-state index is 10.9. The summed E-state index contributed by atoms with van der Waals surface area (Å²) in [6.07, 6.45) is 1.03. The lowest BCUT2D eigenvalue weighted by molar-refractivity contribution is -0.385. The van der Waals surface area contributed by atoms with Gasteiger partial charge in [0.05, 0.1) is 9.95 Å². The van der Waals surface area contributed by atoms with Crippen LogP contribution in [-0.4, -0.2) is 38.7 Å². The van der Waals surface area contributed by atoms with Crippen LogP contribution >= 0.6 is 23.4 Å². The lowest BCUT2D eigenvalue weighted by Crippen LogP contribution is -2.41. The molecule has 2 N–H and O–H groups in total. The van der Waals surface area contributed by atoms with Crippen LogP contribution in [0.5, 0.6) is 0 Å². The standard InChI is InChI=1S/C10H10ClN3O5S/c1-5(15)13-8(10(16)17)4-20-9-7(11)2-6(3-12-9)14(18)19/h2-3,8H,4H2,1H3,(H,13,15)(H,16,17)/t8-/m0/s1. The van der Waals surface area contributed by atoms with Crippen molar-refractivity contribution in [2.45, 2.75) is 18.0 Å². The zero-order chi connectivity index (χ0) is 15.3. The van der Waals surface area contributed by atoms with E-state index in [9.17, 15) is 19.7 Å². The number of carboxylic acid groups (broad SMARTS) is 1. The summed E-state index contributed by atoms with van der Waals surface area (Å²) in [6.45, 7) is 1.21. The molecule has 0 fully saturated rings. The van der Waals surface area contributed by atoms with E-state index in [2.05, 4.69) is 10.3 Å². The fourth-order valence-electron chi connectivity index (χ4n) is 1.20. The number of carbonyl (C=O) groups excluding carboxylic acids is 1. The number of halogens is 1. The number of thioether (sulfide) groups is 1. The molecule has 1 atom stereocenters. The first-order valence-electron chi connectivity index (χ1n) is 5.24. The van der Waals surface area contributed by atoms with Crippen molar-refractivity contribution in [2.75, 3.05) is 5.75 Å². The molecule has 0 aliphatic heterocycles. The summed E-state index contributed by atoms with van der Waals surface area (Å²) in [5.74, 6) is -1.66. The number of rotatable bonds is 6. The average molecular weight is 320 g/mol. The summed E-state index contributed by atoms with van der Waals surface area (Å²) in [5.41, 5.74) is -0.254. The van der Waals surface area contributed by atoms with Gasteiger partial charge in [-0.3, -0.25) is 14.9 Å². The SMILES string of the molecule is CC(=O)N[C@@H](CSc1ncc([N+](=O)[O-])cc1Cl)C(=O)O. The van der Waals surface area contributed by atoms with Crippen LogP contribution in [0.25, 0.3) is 0 Å². The Kier molecular flexibility index (Phi) is 5.71. The van der Waals surface area contributed by atoms with Gasteiger partial charge < -0.3 is 10.4 Å². The zero-order valence-corrected chi connectivity index (χ0v) is 11.8. The third-order valence-corrected chi connectivity index (χ3v) is 3.57. The van der Waals surface area contributed by atoms with Gasteiger partial charge in [0.25, 0.3) is 5.69 Å². The first kappa shape index (κ1) is 16.2. The van der Waals surface area contributed by atoms with Crippen LogP contribution in [0.3, 0.4) is 0 Å². The number of aromatic nitrogens is 1. The van der Waals surface area contributed by atoms with E-state index >= 15 is 0 Å². The fourth-order valence-corrected chi connectivity index (χ4v) is 2.40. The maximum Gasteiger partial charge on any atom is 0.327 e. The monoisotopic (exact) mass is 319 g/mol. The number of carbonyl (C=O) groups is 2. The van der Waals surface area contributed by atoms with Crippen molar-refractivity contribution < 1.29 is 19.6 Å². The minimum Gasteiger partial charge on any atom is -0.480 e.